The number of carbonyl (C=O) groups is 1. The van der Waals surface area contributed by atoms with Crippen molar-refractivity contribution in [3.8, 4) is 11.5 Å². The molecule has 0 heterocycles. The second-order valence-electron chi connectivity index (χ2n) is 6.89. The van der Waals surface area contributed by atoms with Crippen LogP contribution in [0.3, 0.4) is 0 Å². The van der Waals surface area contributed by atoms with Crippen LogP contribution in [0.4, 0.5) is 0 Å². The largest absolute Gasteiger partial charge is 0.497 e. The average Bonchev–Trinajstić information content (AvgIpc) is 3.06. The Labute approximate surface area is 165 Å². The Bertz CT molecular complexity index is 1040. The van der Waals surface area contributed by atoms with E-state index in [1.54, 1.807) is 14.2 Å². The first-order valence-electron chi connectivity index (χ1n) is 9.26. The molecule has 28 heavy (non-hydrogen) atoms. The van der Waals surface area contributed by atoms with Crippen molar-refractivity contribution in [3.05, 3.63) is 101 Å². The maximum atomic E-state index is 13.5. The molecule has 3 nitrogen and oxygen atoms in total. The highest BCUT2D eigenvalue weighted by atomic mass is 16.5. The fourth-order valence-corrected chi connectivity index (χ4v) is 3.95. The van der Waals surface area contributed by atoms with Gasteiger partial charge in [0.15, 0.2) is 5.78 Å². The second-order valence-corrected chi connectivity index (χ2v) is 6.89. The summed E-state index contributed by atoms with van der Waals surface area (Å²) in [4.78, 5) is 13.5. The smallest absolute Gasteiger partial charge is 0.190 e. The van der Waals surface area contributed by atoms with Gasteiger partial charge in [0.25, 0.3) is 0 Å². The standard InChI is InChI=1S/C25H22O3/c1-16-21-6-4-5-7-22(21)24(17-8-12-19(27-2)13-9-17)23(16)25(26)18-10-14-20(28-3)15-11-18/h4-15,24H,1-3H3. The monoisotopic (exact) mass is 370 g/mol. The van der Waals surface area contributed by atoms with Crippen molar-refractivity contribution >= 4 is 11.4 Å². The van der Waals surface area contributed by atoms with Crippen molar-refractivity contribution in [2.75, 3.05) is 14.2 Å². The number of allylic oxidation sites excluding steroid dienone is 2. The van der Waals surface area contributed by atoms with Crippen molar-refractivity contribution in [2.45, 2.75) is 12.8 Å². The van der Waals surface area contributed by atoms with Gasteiger partial charge in [0, 0.05) is 17.1 Å². The number of methoxy groups -OCH3 is 2. The zero-order valence-corrected chi connectivity index (χ0v) is 16.2. The summed E-state index contributed by atoms with van der Waals surface area (Å²) in [6, 6.07) is 23.5. The fourth-order valence-electron chi connectivity index (χ4n) is 3.95. The Morgan fingerprint density at radius 1 is 0.786 bits per heavy atom. The van der Waals surface area contributed by atoms with Crippen LogP contribution in [0.25, 0.3) is 5.57 Å². The van der Waals surface area contributed by atoms with Crippen LogP contribution in [-0.2, 0) is 0 Å². The van der Waals surface area contributed by atoms with Crippen molar-refractivity contribution in [2.24, 2.45) is 0 Å². The zero-order valence-electron chi connectivity index (χ0n) is 16.2. The van der Waals surface area contributed by atoms with Crippen molar-refractivity contribution in [1.29, 1.82) is 0 Å². The number of rotatable bonds is 5. The predicted molar refractivity (Wildman–Crippen MR) is 111 cm³/mol. The normalized spacial score (nSPS) is 15.3. The molecular formula is C25H22O3. The van der Waals surface area contributed by atoms with Crippen LogP contribution in [0.5, 0.6) is 11.5 Å². The number of ether oxygens (including phenoxy) is 2. The quantitative estimate of drug-likeness (QED) is 0.556. The van der Waals surface area contributed by atoms with Gasteiger partial charge in [-0.1, -0.05) is 36.4 Å². The van der Waals surface area contributed by atoms with Gasteiger partial charge in [0.2, 0.25) is 0 Å². The van der Waals surface area contributed by atoms with E-state index in [1.807, 2.05) is 67.6 Å². The summed E-state index contributed by atoms with van der Waals surface area (Å²) in [5, 5.41) is 0. The molecule has 3 heteroatoms. The van der Waals surface area contributed by atoms with Crippen molar-refractivity contribution < 1.29 is 14.3 Å². The molecule has 0 fully saturated rings. The van der Waals surface area contributed by atoms with E-state index >= 15 is 0 Å². The van der Waals surface area contributed by atoms with Crippen LogP contribution < -0.4 is 9.47 Å². The topological polar surface area (TPSA) is 35.5 Å². The molecule has 0 amide bonds. The minimum atomic E-state index is -0.0864. The van der Waals surface area contributed by atoms with E-state index in [4.69, 9.17) is 9.47 Å². The minimum absolute atomic E-state index is 0.0529. The molecule has 0 N–H and O–H groups in total. The van der Waals surface area contributed by atoms with Gasteiger partial charge in [-0.05, 0) is 65.6 Å². The van der Waals surface area contributed by atoms with Gasteiger partial charge in [-0.3, -0.25) is 4.79 Å². The summed E-state index contributed by atoms with van der Waals surface area (Å²) in [5.41, 5.74) is 5.93. The van der Waals surface area contributed by atoms with Gasteiger partial charge < -0.3 is 9.47 Å². The zero-order chi connectivity index (χ0) is 19.7. The van der Waals surface area contributed by atoms with E-state index in [-0.39, 0.29) is 11.7 Å². The van der Waals surface area contributed by atoms with Crippen LogP contribution in [0.15, 0.2) is 78.4 Å². The Morgan fingerprint density at radius 3 is 1.96 bits per heavy atom. The van der Waals surface area contributed by atoms with E-state index in [0.29, 0.717) is 5.56 Å². The highest BCUT2D eigenvalue weighted by Crippen LogP contribution is 2.46. The van der Waals surface area contributed by atoms with Gasteiger partial charge in [0.05, 0.1) is 14.2 Å². The molecule has 1 atom stereocenters. The van der Waals surface area contributed by atoms with Crippen LogP contribution in [0.1, 0.15) is 39.9 Å². The maximum Gasteiger partial charge on any atom is 0.190 e. The molecular weight excluding hydrogens is 348 g/mol. The first-order chi connectivity index (χ1) is 13.6. The van der Waals surface area contributed by atoms with E-state index in [0.717, 1.165) is 33.8 Å². The average molecular weight is 370 g/mol. The van der Waals surface area contributed by atoms with Gasteiger partial charge >= 0.3 is 0 Å². The first-order valence-corrected chi connectivity index (χ1v) is 9.26. The van der Waals surface area contributed by atoms with Crippen LogP contribution in [-0.4, -0.2) is 20.0 Å². The maximum absolute atomic E-state index is 13.5. The molecule has 1 aliphatic carbocycles. The Kier molecular flexibility index (Phi) is 4.74. The van der Waals surface area contributed by atoms with E-state index < -0.39 is 0 Å². The van der Waals surface area contributed by atoms with Gasteiger partial charge in [-0.15, -0.1) is 0 Å². The number of hydrogen-bond donors (Lipinski definition) is 0. The lowest BCUT2D eigenvalue weighted by atomic mass is 9.85. The number of fused-ring (bicyclic) bond motifs is 1. The molecule has 0 saturated heterocycles. The van der Waals surface area contributed by atoms with E-state index in [2.05, 4.69) is 12.1 Å². The predicted octanol–water partition coefficient (Wildman–Crippen LogP) is 5.51. The molecule has 0 aromatic heterocycles. The molecule has 0 saturated carbocycles. The van der Waals surface area contributed by atoms with Gasteiger partial charge in [0.1, 0.15) is 11.5 Å². The second kappa shape index (κ2) is 7.35. The molecule has 0 radical (unpaired) electrons. The summed E-state index contributed by atoms with van der Waals surface area (Å²) in [7, 11) is 3.28. The fraction of sp³-hybridized carbons (Fsp3) is 0.160. The SMILES string of the molecule is COc1ccc(C(=O)C2=C(C)c3ccccc3C2c2ccc(OC)cc2)cc1. The third kappa shape index (κ3) is 2.99. The molecule has 0 bridgehead atoms. The van der Waals surface area contributed by atoms with Crippen LogP contribution >= 0.6 is 0 Å². The Morgan fingerprint density at radius 2 is 1.36 bits per heavy atom. The molecule has 3 aromatic rings. The Hall–Kier alpha value is -3.33. The van der Waals surface area contributed by atoms with Crippen LogP contribution in [0, 0.1) is 0 Å². The molecule has 3 aromatic carbocycles. The number of benzene rings is 3. The third-order valence-electron chi connectivity index (χ3n) is 5.41. The highest BCUT2D eigenvalue weighted by Gasteiger charge is 2.34. The lowest BCUT2D eigenvalue weighted by Gasteiger charge is -2.18. The van der Waals surface area contributed by atoms with Gasteiger partial charge in [-0.2, -0.15) is 0 Å². The van der Waals surface area contributed by atoms with Crippen LogP contribution in [0.2, 0.25) is 0 Å². The molecule has 140 valence electrons. The van der Waals surface area contributed by atoms with Gasteiger partial charge in [-0.25, -0.2) is 0 Å². The third-order valence-corrected chi connectivity index (χ3v) is 5.41. The highest BCUT2D eigenvalue weighted by molar-refractivity contribution is 6.16. The first kappa shape index (κ1) is 18.1. The number of ketones is 1. The van der Waals surface area contributed by atoms with E-state index in [9.17, 15) is 4.79 Å². The Balaban J connectivity index is 1.82. The number of carbonyl (C=O) groups excluding carboxylic acids is 1. The van der Waals surface area contributed by atoms with E-state index in [1.165, 1.54) is 5.56 Å². The van der Waals surface area contributed by atoms with Crippen molar-refractivity contribution in [3.63, 3.8) is 0 Å². The molecule has 0 spiro atoms. The number of hydrogen-bond acceptors (Lipinski definition) is 3. The van der Waals surface area contributed by atoms with Crippen molar-refractivity contribution in [1.82, 2.24) is 0 Å². The summed E-state index contributed by atoms with van der Waals surface area (Å²) in [6.45, 7) is 2.04. The minimum Gasteiger partial charge on any atom is -0.497 e. The summed E-state index contributed by atoms with van der Waals surface area (Å²) >= 11 is 0. The lowest BCUT2D eigenvalue weighted by molar-refractivity contribution is 0.103. The molecule has 0 aliphatic heterocycles. The summed E-state index contributed by atoms with van der Waals surface area (Å²) in [5.74, 6) is 1.51. The summed E-state index contributed by atoms with van der Waals surface area (Å²) < 4.78 is 10.5. The summed E-state index contributed by atoms with van der Waals surface area (Å²) in [6.07, 6.45) is 0. The lowest BCUT2D eigenvalue weighted by Crippen LogP contribution is -2.11. The molecule has 1 unspecified atom stereocenters. The molecule has 1 aliphatic rings. The molecule has 4 rings (SSSR count). The number of Topliss-reactive ketones (excluding diaryl/α,β-unsaturated/α-hetero) is 1.